The minimum absolute atomic E-state index is 0.0345. The molecule has 0 radical (unpaired) electrons. The summed E-state index contributed by atoms with van der Waals surface area (Å²) in [6.45, 7) is 2.45. The van der Waals surface area contributed by atoms with Crippen molar-refractivity contribution >= 4 is 11.9 Å². The van der Waals surface area contributed by atoms with E-state index in [9.17, 15) is 9.59 Å². The third-order valence-corrected chi connectivity index (χ3v) is 2.05. The molecule has 6 nitrogen and oxygen atoms in total. The average molecular weight is 246 g/mol. The fourth-order valence-corrected chi connectivity index (χ4v) is 1.10. The van der Waals surface area contributed by atoms with Crippen molar-refractivity contribution in [2.75, 3.05) is 40.4 Å². The first-order valence-corrected chi connectivity index (χ1v) is 5.73. The Morgan fingerprint density at radius 2 is 1.94 bits per heavy atom. The van der Waals surface area contributed by atoms with Crippen LogP contribution in [0.25, 0.3) is 0 Å². The molecule has 6 heteroatoms. The van der Waals surface area contributed by atoms with Crippen LogP contribution in [-0.2, 0) is 14.3 Å². The zero-order chi connectivity index (χ0) is 13.1. The van der Waals surface area contributed by atoms with Gasteiger partial charge in [-0.1, -0.05) is 0 Å². The number of amides is 1. The molecule has 0 fully saturated rings. The van der Waals surface area contributed by atoms with Crippen molar-refractivity contribution in [2.24, 2.45) is 0 Å². The molecule has 0 spiro atoms. The summed E-state index contributed by atoms with van der Waals surface area (Å²) in [5.74, 6) is -0.993. The van der Waals surface area contributed by atoms with E-state index >= 15 is 0 Å². The number of hydrogen-bond acceptors (Lipinski definition) is 4. The average Bonchev–Trinajstić information content (AvgIpc) is 2.22. The molecule has 0 atom stereocenters. The van der Waals surface area contributed by atoms with Crippen molar-refractivity contribution in [1.82, 2.24) is 10.2 Å². The normalized spacial score (nSPS) is 10.5. The van der Waals surface area contributed by atoms with E-state index < -0.39 is 5.97 Å². The number of carboxylic acids is 1. The minimum atomic E-state index is -0.871. The molecule has 0 aromatic heterocycles. The van der Waals surface area contributed by atoms with Crippen LogP contribution in [0.1, 0.15) is 19.3 Å². The molecule has 0 aromatic rings. The van der Waals surface area contributed by atoms with Gasteiger partial charge in [0.05, 0.1) is 13.2 Å². The van der Waals surface area contributed by atoms with Crippen molar-refractivity contribution in [3.8, 4) is 0 Å². The molecular formula is C11H22N2O4. The van der Waals surface area contributed by atoms with Gasteiger partial charge in [0.15, 0.2) is 0 Å². The Bertz CT molecular complexity index is 232. The monoisotopic (exact) mass is 246 g/mol. The molecule has 0 heterocycles. The lowest BCUT2D eigenvalue weighted by Crippen LogP contribution is -2.28. The highest BCUT2D eigenvalue weighted by Gasteiger charge is 2.02. The summed E-state index contributed by atoms with van der Waals surface area (Å²) in [4.78, 5) is 23.4. The molecule has 2 N–H and O–H groups in total. The van der Waals surface area contributed by atoms with E-state index in [1.54, 1.807) is 0 Å². The van der Waals surface area contributed by atoms with Crippen molar-refractivity contribution in [3.63, 3.8) is 0 Å². The Labute approximate surface area is 102 Å². The molecule has 0 aromatic carbocycles. The first-order chi connectivity index (χ1) is 8.02. The van der Waals surface area contributed by atoms with Crippen LogP contribution in [-0.4, -0.2) is 62.3 Å². The summed E-state index contributed by atoms with van der Waals surface area (Å²) in [6.07, 6.45) is 0.666. The maximum Gasteiger partial charge on any atom is 0.303 e. The number of carbonyl (C=O) groups is 2. The summed E-state index contributed by atoms with van der Waals surface area (Å²) in [6, 6.07) is 0. The number of nitrogens with zero attached hydrogens (tertiary/aromatic N) is 1. The van der Waals surface area contributed by atoms with Crippen molar-refractivity contribution in [1.29, 1.82) is 0 Å². The van der Waals surface area contributed by atoms with E-state index in [0.29, 0.717) is 26.2 Å². The summed E-state index contributed by atoms with van der Waals surface area (Å²) in [5, 5.41) is 11.1. The Balaban J connectivity index is 3.25. The number of aliphatic carboxylic acids is 1. The third kappa shape index (κ3) is 12.8. The molecular weight excluding hydrogens is 224 g/mol. The number of carboxylic acid groups (broad SMARTS) is 1. The predicted octanol–water partition coefficient (Wildman–Crippen LogP) is -0.0643. The maximum absolute atomic E-state index is 11.2. The highest BCUT2D eigenvalue weighted by Crippen LogP contribution is 1.94. The highest BCUT2D eigenvalue weighted by atomic mass is 16.5. The van der Waals surface area contributed by atoms with E-state index in [4.69, 9.17) is 9.84 Å². The van der Waals surface area contributed by atoms with Gasteiger partial charge in [-0.25, -0.2) is 0 Å². The Kier molecular flexibility index (Phi) is 9.37. The fraction of sp³-hybridized carbons (Fsp3) is 0.818. The lowest BCUT2D eigenvalue weighted by Gasteiger charge is -2.10. The minimum Gasteiger partial charge on any atom is -0.481 e. The first kappa shape index (κ1) is 15.9. The number of likely N-dealkylation sites (N-methyl/N-ethyl adjacent to an activating group) is 1. The van der Waals surface area contributed by atoms with Crippen molar-refractivity contribution < 1.29 is 19.4 Å². The van der Waals surface area contributed by atoms with E-state index in [1.807, 2.05) is 19.0 Å². The molecule has 0 unspecified atom stereocenters. The van der Waals surface area contributed by atoms with Crippen molar-refractivity contribution in [3.05, 3.63) is 0 Å². The number of ether oxygens (including phenoxy) is 1. The second kappa shape index (κ2) is 10.0. The van der Waals surface area contributed by atoms with Gasteiger partial charge in [0, 0.05) is 25.9 Å². The van der Waals surface area contributed by atoms with Gasteiger partial charge < -0.3 is 20.1 Å². The van der Waals surface area contributed by atoms with Gasteiger partial charge in [0.25, 0.3) is 0 Å². The Morgan fingerprint density at radius 3 is 2.53 bits per heavy atom. The van der Waals surface area contributed by atoms with Crippen LogP contribution in [0.3, 0.4) is 0 Å². The molecule has 1 amide bonds. The van der Waals surface area contributed by atoms with E-state index in [0.717, 1.165) is 6.54 Å². The van der Waals surface area contributed by atoms with Gasteiger partial charge in [-0.3, -0.25) is 9.59 Å². The van der Waals surface area contributed by atoms with E-state index in [-0.39, 0.29) is 18.7 Å². The van der Waals surface area contributed by atoms with Gasteiger partial charge in [0.2, 0.25) is 5.91 Å². The predicted molar refractivity (Wildman–Crippen MR) is 63.9 cm³/mol. The van der Waals surface area contributed by atoms with Crippen LogP contribution in [0.5, 0.6) is 0 Å². The van der Waals surface area contributed by atoms with Crippen molar-refractivity contribution in [2.45, 2.75) is 19.3 Å². The van der Waals surface area contributed by atoms with Crippen LogP contribution in [0.4, 0.5) is 0 Å². The molecule has 0 rings (SSSR count). The maximum atomic E-state index is 11.2. The number of hydrogen-bond donors (Lipinski definition) is 2. The smallest absolute Gasteiger partial charge is 0.303 e. The standard InChI is InChI=1S/C11H22N2O4/c1-13(2)7-9-17-8-6-12-10(14)4-3-5-11(15)16/h3-9H2,1-2H3,(H,12,14)(H,15,16). The molecule has 0 saturated carbocycles. The molecule has 0 bridgehead atoms. The second-order valence-corrected chi connectivity index (χ2v) is 4.01. The Morgan fingerprint density at radius 1 is 1.24 bits per heavy atom. The van der Waals surface area contributed by atoms with Gasteiger partial charge in [-0.05, 0) is 20.5 Å². The van der Waals surface area contributed by atoms with E-state index in [2.05, 4.69) is 5.32 Å². The summed E-state index contributed by atoms with van der Waals surface area (Å²) < 4.78 is 5.29. The van der Waals surface area contributed by atoms with Gasteiger partial charge in [-0.15, -0.1) is 0 Å². The zero-order valence-electron chi connectivity index (χ0n) is 10.6. The SMILES string of the molecule is CN(C)CCOCCNC(=O)CCCC(=O)O. The van der Waals surface area contributed by atoms with E-state index in [1.165, 1.54) is 0 Å². The topological polar surface area (TPSA) is 78.9 Å². The highest BCUT2D eigenvalue weighted by molar-refractivity contribution is 5.76. The number of nitrogens with one attached hydrogen (secondary N) is 1. The lowest BCUT2D eigenvalue weighted by atomic mass is 10.2. The molecule has 0 saturated heterocycles. The van der Waals surface area contributed by atoms with Crippen LogP contribution < -0.4 is 5.32 Å². The summed E-state index contributed by atoms with van der Waals surface area (Å²) >= 11 is 0. The first-order valence-electron chi connectivity index (χ1n) is 5.73. The van der Waals surface area contributed by atoms with Crippen LogP contribution >= 0.6 is 0 Å². The van der Waals surface area contributed by atoms with Crippen LogP contribution in [0.15, 0.2) is 0 Å². The van der Waals surface area contributed by atoms with Crippen LogP contribution in [0, 0.1) is 0 Å². The fourth-order valence-electron chi connectivity index (χ4n) is 1.10. The second-order valence-electron chi connectivity index (χ2n) is 4.01. The lowest BCUT2D eigenvalue weighted by molar-refractivity contribution is -0.137. The third-order valence-electron chi connectivity index (χ3n) is 2.05. The number of rotatable bonds is 10. The van der Waals surface area contributed by atoms with Gasteiger partial charge in [0.1, 0.15) is 0 Å². The Hall–Kier alpha value is -1.14. The zero-order valence-corrected chi connectivity index (χ0v) is 10.6. The summed E-state index contributed by atoms with van der Waals surface area (Å²) in [5.41, 5.74) is 0. The number of carbonyl (C=O) groups excluding carboxylic acids is 1. The molecule has 0 aliphatic heterocycles. The molecule has 0 aliphatic carbocycles. The largest absolute Gasteiger partial charge is 0.481 e. The molecule has 100 valence electrons. The molecule has 0 aliphatic rings. The van der Waals surface area contributed by atoms with Gasteiger partial charge >= 0.3 is 5.97 Å². The van der Waals surface area contributed by atoms with Gasteiger partial charge in [-0.2, -0.15) is 0 Å². The summed E-state index contributed by atoms with van der Waals surface area (Å²) in [7, 11) is 3.93. The molecule has 17 heavy (non-hydrogen) atoms. The quantitative estimate of drug-likeness (QED) is 0.528. The van der Waals surface area contributed by atoms with Crippen LogP contribution in [0.2, 0.25) is 0 Å².